The van der Waals surface area contributed by atoms with Crippen molar-refractivity contribution in [1.29, 1.82) is 0 Å². The standard InChI is InChI=1S/C19H26N4O2/c1-13-19(14(2)22-21-13)20-18(24)12-23-10-6-8-16(23)11-15-7-4-5-9-17(15)25-3/h4-5,7,9,16H,6,8,10-12H2,1-3H3,(H,20,24)(H,21,22)/t16-/m1/s1. The molecule has 3 rings (SSSR count). The summed E-state index contributed by atoms with van der Waals surface area (Å²) in [5.74, 6) is 0.933. The average molecular weight is 342 g/mol. The fourth-order valence-corrected chi connectivity index (χ4v) is 3.56. The molecule has 0 bridgehead atoms. The van der Waals surface area contributed by atoms with Crippen LogP contribution in [0.25, 0.3) is 0 Å². The third-order valence-electron chi connectivity index (χ3n) is 4.89. The van der Waals surface area contributed by atoms with E-state index in [0.717, 1.165) is 48.6 Å². The van der Waals surface area contributed by atoms with E-state index in [2.05, 4.69) is 26.5 Å². The summed E-state index contributed by atoms with van der Waals surface area (Å²) >= 11 is 0. The number of benzene rings is 1. The Morgan fingerprint density at radius 1 is 1.40 bits per heavy atom. The van der Waals surface area contributed by atoms with Gasteiger partial charge in [0.05, 0.1) is 30.7 Å². The number of anilines is 1. The predicted octanol–water partition coefficient (Wildman–Crippen LogP) is 2.68. The minimum Gasteiger partial charge on any atom is -0.496 e. The Labute approximate surface area is 148 Å². The van der Waals surface area contributed by atoms with Gasteiger partial charge in [-0.05, 0) is 51.3 Å². The summed E-state index contributed by atoms with van der Waals surface area (Å²) in [6.45, 7) is 5.16. The molecule has 0 spiro atoms. The molecule has 2 heterocycles. The van der Waals surface area contributed by atoms with Gasteiger partial charge in [0.25, 0.3) is 0 Å². The molecule has 1 saturated heterocycles. The summed E-state index contributed by atoms with van der Waals surface area (Å²) < 4.78 is 5.46. The van der Waals surface area contributed by atoms with Gasteiger partial charge in [-0.25, -0.2) is 0 Å². The minimum absolute atomic E-state index is 0.0135. The maximum absolute atomic E-state index is 12.5. The second-order valence-corrected chi connectivity index (χ2v) is 6.64. The van der Waals surface area contributed by atoms with Gasteiger partial charge in [-0.2, -0.15) is 5.10 Å². The van der Waals surface area contributed by atoms with Gasteiger partial charge in [-0.3, -0.25) is 14.8 Å². The van der Waals surface area contributed by atoms with Gasteiger partial charge in [0, 0.05) is 6.04 Å². The number of likely N-dealkylation sites (tertiary alicyclic amines) is 1. The number of carbonyl (C=O) groups excluding carboxylic acids is 1. The summed E-state index contributed by atoms with van der Waals surface area (Å²) in [5.41, 5.74) is 3.70. The van der Waals surface area contributed by atoms with Gasteiger partial charge in [-0.15, -0.1) is 0 Å². The van der Waals surface area contributed by atoms with E-state index in [4.69, 9.17) is 4.74 Å². The van der Waals surface area contributed by atoms with Crippen molar-refractivity contribution in [3.8, 4) is 5.75 Å². The summed E-state index contributed by atoms with van der Waals surface area (Å²) in [4.78, 5) is 14.7. The molecule has 1 aliphatic rings. The number of rotatable bonds is 6. The largest absolute Gasteiger partial charge is 0.496 e. The zero-order valence-corrected chi connectivity index (χ0v) is 15.1. The number of para-hydroxylation sites is 1. The molecule has 1 aromatic carbocycles. The van der Waals surface area contributed by atoms with Crippen molar-refractivity contribution in [3.63, 3.8) is 0 Å². The highest BCUT2D eigenvalue weighted by atomic mass is 16.5. The highest BCUT2D eigenvalue weighted by molar-refractivity contribution is 5.93. The van der Waals surface area contributed by atoms with Crippen molar-refractivity contribution in [2.45, 2.75) is 39.2 Å². The third-order valence-corrected chi connectivity index (χ3v) is 4.89. The van der Waals surface area contributed by atoms with Gasteiger partial charge in [0.2, 0.25) is 5.91 Å². The van der Waals surface area contributed by atoms with Gasteiger partial charge < -0.3 is 10.1 Å². The zero-order valence-electron chi connectivity index (χ0n) is 15.1. The molecule has 0 aliphatic carbocycles. The van der Waals surface area contributed by atoms with E-state index < -0.39 is 0 Å². The van der Waals surface area contributed by atoms with Gasteiger partial charge in [0.1, 0.15) is 5.75 Å². The highest BCUT2D eigenvalue weighted by Gasteiger charge is 2.27. The van der Waals surface area contributed by atoms with E-state index >= 15 is 0 Å². The van der Waals surface area contributed by atoms with Crippen LogP contribution in [0, 0.1) is 13.8 Å². The fraction of sp³-hybridized carbons (Fsp3) is 0.474. The molecule has 0 radical (unpaired) electrons. The lowest BCUT2D eigenvalue weighted by Crippen LogP contribution is -2.38. The Morgan fingerprint density at radius 3 is 2.92 bits per heavy atom. The number of nitrogens with one attached hydrogen (secondary N) is 2. The van der Waals surface area contributed by atoms with Crippen LogP contribution in [0.1, 0.15) is 29.8 Å². The van der Waals surface area contributed by atoms with Crippen molar-refractivity contribution < 1.29 is 9.53 Å². The Balaban J connectivity index is 1.63. The molecule has 1 aliphatic heterocycles. The van der Waals surface area contributed by atoms with Crippen LogP contribution in [0.15, 0.2) is 24.3 Å². The third kappa shape index (κ3) is 4.02. The number of aromatic nitrogens is 2. The quantitative estimate of drug-likeness (QED) is 0.847. The van der Waals surface area contributed by atoms with Crippen LogP contribution in [0.2, 0.25) is 0 Å². The van der Waals surface area contributed by atoms with E-state index in [9.17, 15) is 4.79 Å². The number of hydrogen-bond donors (Lipinski definition) is 2. The number of aromatic amines is 1. The predicted molar refractivity (Wildman–Crippen MR) is 98.0 cm³/mol. The number of nitrogens with zero attached hydrogens (tertiary/aromatic N) is 2. The van der Waals surface area contributed by atoms with E-state index in [1.165, 1.54) is 5.56 Å². The number of carbonyl (C=O) groups is 1. The Morgan fingerprint density at radius 2 is 2.20 bits per heavy atom. The molecule has 1 aromatic heterocycles. The summed E-state index contributed by atoms with van der Waals surface area (Å²) in [7, 11) is 1.70. The summed E-state index contributed by atoms with van der Waals surface area (Å²) in [5, 5.41) is 10.0. The van der Waals surface area contributed by atoms with Crippen molar-refractivity contribution in [2.24, 2.45) is 0 Å². The Hall–Kier alpha value is -2.34. The number of methoxy groups -OCH3 is 1. The molecule has 2 N–H and O–H groups in total. The smallest absolute Gasteiger partial charge is 0.238 e. The van der Waals surface area contributed by atoms with E-state index in [1.54, 1.807) is 7.11 Å². The van der Waals surface area contributed by atoms with Crippen LogP contribution in [-0.4, -0.2) is 47.2 Å². The van der Waals surface area contributed by atoms with Crippen molar-refractivity contribution in [1.82, 2.24) is 15.1 Å². The minimum atomic E-state index is 0.0135. The van der Waals surface area contributed by atoms with Crippen molar-refractivity contribution in [2.75, 3.05) is 25.5 Å². The highest BCUT2D eigenvalue weighted by Crippen LogP contribution is 2.26. The lowest BCUT2D eigenvalue weighted by Gasteiger charge is -2.24. The lowest BCUT2D eigenvalue weighted by molar-refractivity contribution is -0.117. The SMILES string of the molecule is COc1ccccc1C[C@H]1CCCN1CC(=O)Nc1c(C)n[nH]c1C. The van der Waals surface area contributed by atoms with E-state index in [-0.39, 0.29) is 5.91 Å². The molecular weight excluding hydrogens is 316 g/mol. The van der Waals surface area contributed by atoms with Crippen LogP contribution < -0.4 is 10.1 Å². The monoisotopic (exact) mass is 342 g/mol. The maximum atomic E-state index is 12.5. The Bertz CT molecular complexity index is 721. The normalized spacial score (nSPS) is 17.6. The second-order valence-electron chi connectivity index (χ2n) is 6.64. The fourth-order valence-electron chi connectivity index (χ4n) is 3.56. The van der Waals surface area contributed by atoms with Crippen LogP contribution in [0.5, 0.6) is 5.75 Å². The molecule has 25 heavy (non-hydrogen) atoms. The molecule has 134 valence electrons. The summed E-state index contributed by atoms with van der Waals surface area (Å²) in [6, 6.07) is 8.49. The molecule has 1 fully saturated rings. The molecule has 0 unspecified atom stereocenters. The zero-order chi connectivity index (χ0) is 17.8. The first kappa shape index (κ1) is 17.5. The first-order valence-corrected chi connectivity index (χ1v) is 8.76. The lowest BCUT2D eigenvalue weighted by atomic mass is 10.0. The van der Waals surface area contributed by atoms with E-state index in [1.807, 2.05) is 32.0 Å². The number of hydrogen-bond acceptors (Lipinski definition) is 4. The average Bonchev–Trinajstić information content (AvgIpc) is 3.16. The van der Waals surface area contributed by atoms with Gasteiger partial charge in [-0.1, -0.05) is 18.2 Å². The molecule has 2 aromatic rings. The van der Waals surface area contributed by atoms with Crippen LogP contribution in [0.4, 0.5) is 5.69 Å². The number of amides is 1. The number of ether oxygens (including phenoxy) is 1. The molecule has 6 nitrogen and oxygen atoms in total. The second kappa shape index (κ2) is 7.70. The first-order valence-electron chi connectivity index (χ1n) is 8.76. The topological polar surface area (TPSA) is 70.2 Å². The van der Waals surface area contributed by atoms with Crippen LogP contribution >= 0.6 is 0 Å². The molecule has 0 saturated carbocycles. The number of H-pyrrole nitrogens is 1. The Kier molecular flexibility index (Phi) is 5.38. The van der Waals surface area contributed by atoms with Crippen molar-refractivity contribution >= 4 is 11.6 Å². The molecule has 6 heteroatoms. The van der Waals surface area contributed by atoms with Crippen molar-refractivity contribution in [3.05, 3.63) is 41.2 Å². The van der Waals surface area contributed by atoms with E-state index in [0.29, 0.717) is 12.6 Å². The summed E-state index contributed by atoms with van der Waals surface area (Å²) in [6.07, 6.45) is 3.13. The van der Waals surface area contributed by atoms with Gasteiger partial charge >= 0.3 is 0 Å². The molecule has 1 atom stereocenters. The van der Waals surface area contributed by atoms with Crippen LogP contribution in [-0.2, 0) is 11.2 Å². The van der Waals surface area contributed by atoms with Gasteiger partial charge in [0.15, 0.2) is 0 Å². The molecule has 1 amide bonds. The number of aryl methyl sites for hydroxylation is 2. The van der Waals surface area contributed by atoms with Crippen LogP contribution in [0.3, 0.4) is 0 Å². The first-order chi connectivity index (χ1) is 12.1. The maximum Gasteiger partial charge on any atom is 0.238 e. The molecular formula is C19H26N4O2.